The third-order valence-corrected chi connectivity index (χ3v) is 0. The Kier molecular flexibility index (Phi) is 106. The summed E-state index contributed by atoms with van der Waals surface area (Å²) in [7, 11) is 2.00. The topological polar surface area (TPSA) is 80.9 Å². The molecule has 0 bridgehead atoms. The number of hydrogen-bond donors (Lipinski definition) is 4. The van der Waals surface area contributed by atoms with Crippen LogP contribution in [0.3, 0.4) is 0 Å². The third kappa shape index (κ3) is 23600. The Morgan fingerprint density at radius 2 is 1.00 bits per heavy atom. The first-order valence-corrected chi connectivity index (χ1v) is 3.33. The molecule has 0 spiro atoms. The van der Waals surface area contributed by atoms with Crippen LogP contribution in [0.5, 0.6) is 0 Å². The highest BCUT2D eigenvalue weighted by Gasteiger charge is 1.69. The molecule has 4 N–H and O–H groups in total. The summed E-state index contributed by atoms with van der Waals surface area (Å²) in [6.45, 7) is 5.38. The van der Waals surface area contributed by atoms with Gasteiger partial charge in [0.05, 0.1) is 0 Å². The van der Waals surface area contributed by atoms with E-state index in [1.165, 1.54) is 0 Å². The fourth-order valence-corrected chi connectivity index (χ4v) is 0. The van der Waals surface area contributed by atoms with Gasteiger partial charge in [-0.15, -0.1) is 0 Å². The monoisotopic (exact) mass is 170 g/mol. The highest BCUT2D eigenvalue weighted by Crippen LogP contribution is 1.65. The minimum atomic E-state index is -0.167. The van der Waals surface area contributed by atoms with Crippen molar-refractivity contribution in [2.45, 2.75) is 26.9 Å². The highest BCUT2D eigenvalue weighted by atomic mass is 16.3. The fraction of sp³-hybridized carbons (Fsp3) is 1.00. The van der Waals surface area contributed by atoms with Gasteiger partial charge in [0.25, 0.3) is 0 Å². The second-order valence-electron chi connectivity index (χ2n) is 1.41. The van der Waals surface area contributed by atoms with Crippen molar-refractivity contribution in [3.63, 3.8) is 0 Å². The summed E-state index contributed by atoms with van der Waals surface area (Å²) in [6, 6.07) is 0. The van der Waals surface area contributed by atoms with Crippen LogP contribution in [0.2, 0.25) is 0 Å². The lowest BCUT2D eigenvalue weighted by atomic mass is 10.5. The van der Waals surface area contributed by atoms with Crippen LogP contribution < -0.4 is 0 Å². The zero-order valence-corrected chi connectivity index (χ0v) is 8.07. The van der Waals surface area contributed by atoms with Crippen LogP contribution >= 0.6 is 0 Å². The molecule has 0 aliphatic rings. The van der Waals surface area contributed by atoms with E-state index in [9.17, 15) is 0 Å². The van der Waals surface area contributed by atoms with E-state index in [1.807, 2.05) is 0 Å². The van der Waals surface area contributed by atoms with Gasteiger partial charge < -0.3 is 20.4 Å². The van der Waals surface area contributed by atoms with E-state index in [4.69, 9.17) is 20.4 Å². The van der Waals surface area contributed by atoms with Crippen LogP contribution in [0, 0.1) is 0 Å². The molecule has 74 valence electrons. The summed E-state index contributed by atoms with van der Waals surface area (Å²) >= 11 is 0. The SMILES string of the molecule is CC(C)O.CCO.CO.CO. The van der Waals surface area contributed by atoms with Gasteiger partial charge in [-0.3, -0.25) is 0 Å². The first-order valence-electron chi connectivity index (χ1n) is 3.33. The van der Waals surface area contributed by atoms with Crippen LogP contribution in [0.1, 0.15) is 20.8 Å². The molecule has 0 aromatic rings. The largest absolute Gasteiger partial charge is 0.400 e. The molecule has 0 amide bonds. The van der Waals surface area contributed by atoms with Crippen LogP contribution in [0.25, 0.3) is 0 Å². The van der Waals surface area contributed by atoms with Crippen molar-refractivity contribution in [3.05, 3.63) is 0 Å². The molecule has 0 saturated heterocycles. The normalized spacial score (nSPS) is 6.00. The second-order valence-corrected chi connectivity index (χ2v) is 1.41. The molecular weight excluding hydrogens is 148 g/mol. The smallest absolute Gasteiger partial charge is 0.0483 e. The van der Waals surface area contributed by atoms with E-state index in [1.54, 1.807) is 20.8 Å². The van der Waals surface area contributed by atoms with Gasteiger partial charge in [0.15, 0.2) is 0 Å². The molecule has 0 heterocycles. The quantitative estimate of drug-likeness (QED) is 0.399. The molecule has 0 aliphatic heterocycles. The van der Waals surface area contributed by atoms with E-state index in [-0.39, 0.29) is 12.7 Å². The Balaban J connectivity index is -0.0000000315. The lowest BCUT2D eigenvalue weighted by molar-refractivity contribution is 0.216. The molecule has 0 rings (SSSR count). The summed E-state index contributed by atoms with van der Waals surface area (Å²) in [5.74, 6) is 0. The van der Waals surface area contributed by atoms with E-state index >= 15 is 0 Å². The molecule has 0 saturated carbocycles. The van der Waals surface area contributed by atoms with E-state index in [0.717, 1.165) is 14.2 Å². The maximum absolute atomic E-state index is 8.06. The fourth-order valence-electron chi connectivity index (χ4n) is 0. The molecule has 0 atom stereocenters. The average molecular weight is 170 g/mol. The lowest BCUT2D eigenvalue weighted by Gasteiger charge is -1.80. The van der Waals surface area contributed by atoms with Crippen LogP contribution in [-0.4, -0.2) is 47.4 Å². The molecule has 0 aromatic carbocycles. The molecule has 0 aliphatic carbocycles. The molecular formula is C7H22O4. The predicted molar refractivity (Wildman–Crippen MR) is 46.4 cm³/mol. The zero-order chi connectivity index (χ0) is 10.3. The van der Waals surface area contributed by atoms with Gasteiger partial charge in [0, 0.05) is 26.9 Å². The zero-order valence-electron chi connectivity index (χ0n) is 8.07. The van der Waals surface area contributed by atoms with Crippen LogP contribution in [0.15, 0.2) is 0 Å². The van der Waals surface area contributed by atoms with E-state index in [0.29, 0.717) is 0 Å². The minimum Gasteiger partial charge on any atom is -0.400 e. The molecule has 4 heteroatoms. The highest BCUT2D eigenvalue weighted by molar-refractivity contribution is 4.20. The van der Waals surface area contributed by atoms with E-state index in [2.05, 4.69) is 0 Å². The van der Waals surface area contributed by atoms with Crippen LogP contribution in [0.4, 0.5) is 0 Å². The molecule has 11 heavy (non-hydrogen) atoms. The lowest BCUT2D eigenvalue weighted by Crippen LogP contribution is -1.85. The maximum atomic E-state index is 8.06. The Morgan fingerprint density at radius 1 is 1.00 bits per heavy atom. The Labute approximate surface area is 69.1 Å². The van der Waals surface area contributed by atoms with E-state index < -0.39 is 0 Å². The average Bonchev–Trinajstić information content (AvgIpc) is 1.96. The minimum absolute atomic E-state index is 0.167. The van der Waals surface area contributed by atoms with Crippen molar-refractivity contribution >= 4 is 0 Å². The van der Waals surface area contributed by atoms with Gasteiger partial charge in [-0.1, -0.05) is 0 Å². The van der Waals surface area contributed by atoms with Crippen molar-refractivity contribution in [1.29, 1.82) is 0 Å². The molecule has 0 fully saturated rings. The first kappa shape index (κ1) is 22.4. The molecule has 0 aromatic heterocycles. The van der Waals surface area contributed by atoms with Crippen LogP contribution in [-0.2, 0) is 0 Å². The first-order chi connectivity index (χ1) is 5.15. The van der Waals surface area contributed by atoms with Gasteiger partial charge >= 0.3 is 0 Å². The molecule has 0 radical (unpaired) electrons. The number of rotatable bonds is 0. The van der Waals surface area contributed by atoms with Crippen molar-refractivity contribution in [1.82, 2.24) is 0 Å². The third-order valence-electron chi connectivity index (χ3n) is 0. The standard InChI is InChI=1S/C3H8O.C2H6O.2CH4O/c1-3(2)4;1-2-3;2*1-2/h3-4H,1-2H3;3H,2H2,1H3;2*2H,1H3. The Morgan fingerprint density at radius 3 is 1.00 bits per heavy atom. The Bertz CT molecular complexity index is 21.6. The van der Waals surface area contributed by atoms with Crippen molar-refractivity contribution < 1.29 is 20.4 Å². The maximum Gasteiger partial charge on any atom is 0.0483 e. The van der Waals surface area contributed by atoms with Gasteiger partial charge in [-0.2, -0.15) is 0 Å². The number of aliphatic hydroxyl groups excluding tert-OH is 4. The molecule has 4 nitrogen and oxygen atoms in total. The summed E-state index contributed by atoms with van der Waals surface area (Å²) in [4.78, 5) is 0. The Hall–Kier alpha value is -0.160. The number of aliphatic hydroxyl groups is 4. The van der Waals surface area contributed by atoms with Crippen molar-refractivity contribution in [3.8, 4) is 0 Å². The van der Waals surface area contributed by atoms with Crippen molar-refractivity contribution in [2.24, 2.45) is 0 Å². The summed E-state index contributed by atoms with van der Waals surface area (Å²) < 4.78 is 0. The summed E-state index contributed by atoms with van der Waals surface area (Å²) in [6.07, 6.45) is -0.167. The van der Waals surface area contributed by atoms with Crippen molar-refractivity contribution in [2.75, 3.05) is 20.8 Å². The van der Waals surface area contributed by atoms with Gasteiger partial charge in [-0.05, 0) is 20.8 Å². The summed E-state index contributed by atoms with van der Waals surface area (Å²) in [5.41, 5.74) is 0. The molecule has 0 unspecified atom stereocenters. The van der Waals surface area contributed by atoms with Gasteiger partial charge in [0.2, 0.25) is 0 Å². The van der Waals surface area contributed by atoms with Gasteiger partial charge in [-0.25, -0.2) is 0 Å². The number of hydrogen-bond acceptors (Lipinski definition) is 4. The summed E-state index contributed by atoms with van der Waals surface area (Å²) in [5, 5.41) is 29.6. The predicted octanol–water partition coefficient (Wildman–Crippen LogP) is -0.397. The van der Waals surface area contributed by atoms with Gasteiger partial charge in [0.1, 0.15) is 0 Å². The second kappa shape index (κ2) is 52.1.